The summed E-state index contributed by atoms with van der Waals surface area (Å²) in [6, 6.07) is 0.851. The molecule has 2 fully saturated rings. The monoisotopic (exact) mass is 283 g/mol. The Balaban J connectivity index is 1.69. The number of carbonyl (C=O) groups is 2. The van der Waals surface area contributed by atoms with Gasteiger partial charge in [-0.15, -0.1) is 0 Å². The van der Waals surface area contributed by atoms with Crippen LogP contribution in [0.15, 0.2) is 0 Å². The number of rotatable bonds is 9. The van der Waals surface area contributed by atoms with Gasteiger partial charge < -0.3 is 15.3 Å². The molecule has 6 heteroatoms. The first-order chi connectivity index (χ1) is 9.61. The van der Waals surface area contributed by atoms with Gasteiger partial charge in [0.15, 0.2) is 0 Å². The van der Waals surface area contributed by atoms with Crippen LogP contribution in [0.4, 0.5) is 4.79 Å². The minimum Gasteiger partial charge on any atom is -0.481 e. The van der Waals surface area contributed by atoms with E-state index in [1.54, 1.807) is 4.90 Å². The molecule has 2 aliphatic carbocycles. The number of carboxylic acid groups (broad SMARTS) is 1. The lowest BCUT2D eigenvalue weighted by Crippen LogP contribution is -2.45. The molecule has 0 heterocycles. The molecule has 0 aromatic heterocycles. The Hall–Kier alpha value is -1.30. The van der Waals surface area contributed by atoms with E-state index in [1.165, 1.54) is 12.8 Å². The normalized spacial score (nSPS) is 18.1. The number of hydrogen-bond donors (Lipinski definition) is 2. The zero-order valence-electron chi connectivity index (χ0n) is 12.2. The predicted molar refractivity (Wildman–Crippen MR) is 75.6 cm³/mol. The van der Waals surface area contributed by atoms with Gasteiger partial charge in [-0.1, -0.05) is 6.92 Å². The van der Waals surface area contributed by atoms with Crippen LogP contribution in [0.5, 0.6) is 0 Å². The standard InChI is InChI=1S/C14H25N3O3/c1-2-16(11-3-4-11)10-8-15-14(20)17(12-5-6-12)9-7-13(18)19/h11-12H,2-10H2,1H3,(H,15,20)(H,18,19). The maximum absolute atomic E-state index is 12.1. The fourth-order valence-corrected chi connectivity index (χ4v) is 2.50. The second-order valence-corrected chi connectivity index (χ2v) is 5.66. The summed E-state index contributed by atoms with van der Waals surface area (Å²) in [5, 5.41) is 11.7. The Kier molecular flexibility index (Phi) is 5.23. The summed E-state index contributed by atoms with van der Waals surface area (Å²) < 4.78 is 0. The molecular weight excluding hydrogens is 258 g/mol. The third kappa shape index (κ3) is 4.67. The summed E-state index contributed by atoms with van der Waals surface area (Å²) in [6.45, 7) is 4.99. The minimum absolute atomic E-state index is 0.0209. The largest absolute Gasteiger partial charge is 0.481 e. The van der Waals surface area contributed by atoms with Gasteiger partial charge in [0.1, 0.15) is 0 Å². The average Bonchev–Trinajstić information content (AvgIpc) is 3.26. The molecule has 2 rings (SSSR count). The van der Waals surface area contributed by atoms with E-state index >= 15 is 0 Å². The van der Waals surface area contributed by atoms with E-state index < -0.39 is 5.97 Å². The zero-order valence-corrected chi connectivity index (χ0v) is 12.2. The maximum atomic E-state index is 12.1. The van der Waals surface area contributed by atoms with Crippen molar-refractivity contribution in [1.82, 2.24) is 15.1 Å². The molecular formula is C14H25N3O3. The lowest BCUT2D eigenvalue weighted by molar-refractivity contribution is -0.137. The summed E-state index contributed by atoms with van der Waals surface area (Å²) in [4.78, 5) is 26.8. The summed E-state index contributed by atoms with van der Waals surface area (Å²) in [6.07, 6.45) is 4.56. The molecule has 2 aliphatic rings. The van der Waals surface area contributed by atoms with E-state index in [9.17, 15) is 9.59 Å². The Morgan fingerprint density at radius 3 is 2.30 bits per heavy atom. The molecule has 114 valence electrons. The third-order valence-electron chi connectivity index (χ3n) is 3.96. The molecule has 0 saturated heterocycles. The molecule has 2 saturated carbocycles. The molecule has 0 atom stereocenters. The lowest BCUT2D eigenvalue weighted by atomic mass is 10.4. The summed E-state index contributed by atoms with van der Waals surface area (Å²) >= 11 is 0. The molecule has 0 bridgehead atoms. The Morgan fingerprint density at radius 2 is 1.80 bits per heavy atom. The van der Waals surface area contributed by atoms with Crippen LogP contribution in [0, 0.1) is 0 Å². The van der Waals surface area contributed by atoms with Crippen molar-refractivity contribution in [2.75, 3.05) is 26.2 Å². The van der Waals surface area contributed by atoms with E-state index in [-0.39, 0.29) is 18.5 Å². The van der Waals surface area contributed by atoms with Crippen molar-refractivity contribution in [3.05, 3.63) is 0 Å². The highest BCUT2D eigenvalue weighted by atomic mass is 16.4. The van der Waals surface area contributed by atoms with Crippen molar-refractivity contribution in [1.29, 1.82) is 0 Å². The smallest absolute Gasteiger partial charge is 0.317 e. The first-order valence-electron chi connectivity index (χ1n) is 7.62. The molecule has 0 aliphatic heterocycles. The van der Waals surface area contributed by atoms with E-state index in [0.717, 1.165) is 25.9 Å². The minimum atomic E-state index is -0.852. The van der Waals surface area contributed by atoms with E-state index in [1.807, 2.05) is 0 Å². The molecule has 6 nitrogen and oxygen atoms in total. The van der Waals surface area contributed by atoms with Gasteiger partial charge in [0, 0.05) is 31.7 Å². The topological polar surface area (TPSA) is 72.9 Å². The van der Waals surface area contributed by atoms with Crippen molar-refractivity contribution in [3.8, 4) is 0 Å². The van der Waals surface area contributed by atoms with Gasteiger partial charge in [-0.25, -0.2) is 4.79 Å². The van der Waals surface area contributed by atoms with Gasteiger partial charge in [-0.2, -0.15) is 0 Å². The Morgan fingerprint density at radius 1 is 1.15 bits per heavy atom. The van der Waals surface area contributed by atoms with Gasteiger partial charge in [0.2, 0.25) is 0 Å². The molecule has 0 aromatic rings. The van der Waals surface area contributed by atoms with Crippen LogP contribution < -0.4 is 5.32 Å². The van der Waals surface area contributed by atoms with E-state index in [4.69, 9.17) is 5.11 Å². The van der Waals surface area contributed by atoms with Crippen LogP contribution in [0.1, 0.15) is 39.0 Å². The van der Waals surface area contributed by atoms with Crippen LogP contribution >= 0.6 is 0 Å². The van der Waals surface area contributed by atoms with E-state index in [0.29, 0.717) is 19.1 Å². The summed E-state index contributed by atoms with van der Waals surface area (Å²) in [5.74, 6) is -0.852. The molecule has 0 spiro atoms. The molecule has 0 unspecified atom stereocenters. The number of amides is 2. The first-order valence-corrected chi connectivity index (χ1v) is 7.62. The van der Waals surface area contributed by atoms with Gasteiger partial charge in [-0.05, 0) is 32.2 Å². The van der Waals surface area contributed by atoms with Gasteiger partial charge in [0.05, 0.1) is 6.42 Å². The summed E-state index contributed by atoms with van der Waals surface area (Å²) in [5.41, 5.74) is 0. The molecule has 0 aromatic carbocycles. The lowest BCUT2D eigenvalue weighted by Gasteiger charge is -2.24. The SMILES string of the molecule is CCN(CCNC(=O)N(CCC(=O)O)C1CC1)C1CC1. The highest BCUT2D eigenvalue weighted by Gasteiger charge is 2.33. The molecule has 0 radical (unpaired) electrons. The Labute approximate surface area is 120 Å². The van der Waals surface area contributed by atoms with Crippen molar-refractivity contribution >= 4 is 12.0 Å². The van der Waals surface area contributed by atoms with Gasteiger partial charge >= 0.3 is 12.0 Å². The second kappa shape index (κ2) is 6.92. The summed E-state index contributed by atoms with van der Waals surface area (Å²) in [7, 11) is 0. The van der Waals surface area contributed by atoms with Gasteiger partial charge in [-0.3, -0.25) is 9.69 Å². The number of likely N-dealkylation sites (N-methyl/N-ethyl adjacent to an activating group) is 1. The molecule has 20 heavy (non-hydrogen) atoms. The van der Waals surface area contributed by atoms with Crippen LogP contribution in [0.25, 0.3) is 0 Å². The van der Waals surface area contributed by atoms with Crippen LogP contribution in [-0.2, 0) is 4.79 Å². The molecule has 2 N–H and O–H groups in total. The van der Waals surface area contributed by atoms with Crippen LogP contribution in [0.3, 0.4) is 0 Å². The van der Waals surface area contributed by atoms with Crippen molar-refractivity contribution in [2.24, 2.45) is 0 Å². The number of hydrogen-bond acceptors (Lipinski definition) is 3. The second-order valence-electron chi connectivity index (χ2n) is 5.66. The maximum Gasteiger partial charge on any atom is 0.317 e. The number of carbonyl (C=O) groups excluding carboxylic acids is 1. The van der Waals surface area contributed by atoms with Crippen LogP contribution in [0.2, 0.25) is 0 Å². The van der Waals surface area contributed by atoms with Crippen molar-refractivity contribution < 1.29 is 14.7 Å². The average molecular weight is 283 g/mol. The van der Waals surface area contributed by atoms with Crippen molar-refractivity contribution in [3.63, 3.8) is 0 Å². The quantitative estimate of drug-likeness (QED) is 0.665. The molecule has 2 amide bonds. The predicted octanol–water partition coefficient (Wildman–Crippen LogP) is 1.12. The number of urea groups is 1. The zero-order chi connectivity index (χ0) is 14.5. The fourth-order valence-electron chi connectivity index (χ4n) is 2.50. The Bertz CT molecular complexity index is 354. The van der Waals surface area contributed by atoms with Crippen molar-refractivity contribution in [2.45, 2.75) is 51.1 Å². The number of carboxylic acids is 1. The van der Waals surface area contributed by atoms with Crippen LogP contribution in [-0.4, -0.2) is 65.2 Å². The number of aliphatic carboxylic acids is 1. The highest BCUT2D eigenvalue weighted by molar-refractivity contribution is 5.76. The highest BCUT2D eigenvalue weighted by Crippen LogP contribution is 2.27. The fraction of sp³-hybridized carbons (Fsp3) is 0.857. The van der Waals surface area contributed by atoms with E-state index in [2.05, 4.69) is 17.1 Å². The third-order valence-corrected chi connectivity index (χ3v) is 3.96. The number of nitrogens with zero attached hydrogens (tertiary/aromatic N) is 2. The first kappa shape index (κ1) is 15.1. The van der Waals surface area contributed by atoms with Gasteiger partial charge in [0.25, 0.3) is 0 Å². The number of nitrogens with one attached hydrogen (secondary N) is 1.